The van der Waals surface area contributed by atoms with E-state index < -0.39 is 24.3 Å². The summed E-state index contributed by atoms with van der Waals surface area (Å²) in [5, 5.41) is 27.6. The zero-order chi connectivity index (χ0) is 35.4. The van der Waals surface area contributed by atoms with Gasteiger partial charge in [-0.2, -0.15) is 36.3 Å². The number of likely N-dealkylation sites (N-methyl/N-ethyl adjacent to an activating group) is 1. The van der Waals surface area contributed by atoms with Gasteiger partial charge in [-0.25, -0.2) is 19.3 Å². The fourth-order valence-electron chi connectivity index (χ4n) is 4.35. The zero-order valence-electron chi connectivity index (χ0n) is 25.6. The number of carboxylic acid groups (broad SMARTS) is 2. The van der Waals surface area contributed by atoms with Crippen LogP contribution in [0.2, 0.25) is 5.02 Å². The molecule has 47 heavy (non-hydrogen) atoms. The van der Waals surface area contributed by atoms with Gasteiger partial charge in [-0.1, -0.05) is 23.7 Å². The first-order valence-corrected chi connectivity index (χ1v) is 14.2. The van der Waals surface area contributed by atoms with Crippen LogP contribution in [0.15, 0.2) is 12.3 Å². The summed E-state index contributed by atoms with van der Waals surface area (Å²) in [5.74, 6) is -4.17. The number of H-pyrrole nitrogens is 1. The number of rotatable bonds is 6. The molecule has 258 valence electrons. The topological polar surface area (TPSA) is 178 Å². The molecule has 1 saturated heterocycles. The number of fused-ring (bicyclic) bond motifs is 2. The van der Waals surface area contributed by atoms with E-state index in [-0.39, 0.29) is 6.04 Å². The standard InChI is InChI=1S/C22H29ClN10.2C2HF3O2/c1-6-15-18(23)17-19(26-15)27-22(28-21(17)32-8-7-14(11-32)31(4)5)25-13-9-16-20(24-10-13)33(12(2)3)30-29-16;2*3-2(4,5)1(6)7/h9-10,12,14H,6-8,11H2,1-5H3,(H2,25,26,27,28);2*(H,6,7)/t14-;;/m1../s1. The van der Waals surface area contributed by atoms with Crippen molar-refractivity contribution in [1.82, 2.24) is 39.8 Å². The lowest BCUT2D eigenvalue weighted by Crippen LogP contribution is -2.31. The van der Waals surface area contributed by atoms with Crippen LogP contribution in [0.25, 0.3) is 22.2 Å². The molecular formula is C26H31ClF6N10O4. The predicted molar refractivity (Wildman–Crippen MR) is 159 cm³/mol. The lowest BCUT2D eigenvalue weighted by molar-refractivity contribution is -0.193. The van der Waals surface area contributed by atoms with E-state index in [0.29, 0.717) is 17.0 Å². The molecule has 1 atom stereocenters. The molecule has 14 nitrogen and oxygen atoms in total. The average molecular weight is 697 g/mol. The Morgan fingerprint density at radius 1 is 1.13 bits per heavy atom. The molecule has 0 radical (unpaired) electrons. The largest absolute Gasteiger partial charge is 0.490 e. The minimum atomic E-state index is -5.08. The molecule has 1 aliphatic heterocycles. The summed E-state index contributed by atoms with van der Waals surface area (Å²) >= 11 is 6.75. The average Bonchev–Trinajstić information content (AvgIpc) is 3.69. The molecular weight excluding hydrogens is 666 g/mol. The number of hydrogen-bond acceptors (Lipinski definition) is 10. The Morgan fingerprint density at radius 3 is 2.21 bits per heavy atom. The number of aliphatic carboxylic acids is 2. The molecule has 5 rings (SSSR count). The number of aromatic amines is 1. The number of alkyl halides is 6. The van der Waals surface area contributed by atoms with Gasteiger partial charge in [-0.05, 0) is 46.9 Å². The Kier molecular flexibility index (Phi) is 11.4. The summed E-state index contributed by atoms with van der Waals surface area (Å²) < 4.78 is 65.3. The molecule has 21 heteroatoms. The quantitative estimate of drug-likeness (QED) is 0.198. The van der Waals surface area contributed by atoms with E-state index in [1.54, 1.807) is 6.20 Å². The smallest absolute Gasteiger partial charge is 0.475 e. The fourth-order valence-corrected chi connectivity index (χ4v) is 4.71. The molecule has 0 bridgehead atoms. The van der Waals surface area contributed by atoms with E-state index in [1.165, 1.54) is 0 Å². The van der Waals surface area contributed by atoms with Crippen LogP contribution >= 0.6 is 11.6 Å². The number of aryl methyl sites for hydroxylation is 1. The first kappa shape index (κ1) is 37.0. The lowest BCUT2D eigenvalue weighted by Gasteiger charge is -2.22. The van der Waals surface area contributed by atoms with Crippen LogP contribution in [0.4, 0.5) is 43.8 Å². The molecule has 0 amide bonds. The molecule has 0 aromatic carbocycles. The monoisotopic (exact) mass is 696 g/mol. The van der Waals surface area contributed by atoms with Gasteiger partial charge in [0.1, 0.15) is 17.0 Å². The van der Waals surface area contributed by atoms with Crippen LogP contribution in [-0.4, -0.2) is 108 Å². The van der Waals surface area contributed by atoms with Crippen molar-refractivity contribution in [2.45, 2.75) is 58.0 Å². The molecule has 4 aromatic rings. The highest BCUT2D eigenvalue weighted by Gasteiger charge is 2.39. The minimum Gasteiger partial charge on any atom is -0.475 e. The van der Waals surface area contributed by atoms with Gasteiger partial charge in [0.15, 0.2) is 5.65 Å². The molecule has 0 saturated carbocycles. The third-order valence-corrected chi connectivity index (χ3v) is 7.15. The maximum atomic E-state index is 10.6. The van der Waals surface area contributed by atoms with Crippen LogP contribution in [-0.2, 0) is 16.0 Å². The van der Waals surface area contributed by atoms with Gasteiger partial charge in [-0.3, -0.25) is 0 Å². The summed E-state index contributed by atoms with van der Waals surface area (Å²) in [6, 6.07) is 2.58. The highest BCUT2D eigenvalue weighted by atomic mass is 35.5. The van der Waals surface area contributed by atoms with E-state index >= 15 is 0 Å². The Labute approximate surface area is 267 Å². The van der Waals surface area contributed by atoms with E-state index in [4.69, 9.17) is 41.4 Å². The Balaban J connectivity index is 0.000000360. The van der Waals surface area contributed by atoms with Crippen LogP contribution in [0.1, 0.15) is 38.9 Å². The predicted octanol–water partition coefficient (Wildman–Crippen LogP) is 5.04. The van der Waals surface area contributed by atoms with Gasteiger partial charge in [-0.15, -0.1) is 5.10 Å². The van der Waals surface area contributed by atoms with Crippen molar-refractivity contribution >= 4 is 63.2 Å². The number of carboxylic acids is 2. The second-order valence-corrected chi connectivity index (χ2v) is 11.0. The van der Waals surface area contributed by atoms with Crippen molar-refractivity contribution in [2.75, 3.05) is 37.4 Å². The summed E-state index contributed by atoms with van der Waals surface area (Å²) in [4.78, 5) is 39.9. The molecule has 1 aliphatic rings. The zero-order valence-corrected chi connectivity index (χ0v) is 26.3. The highest BCUT2D eigenvalue weighted by molar-refractivity contribution is 6.37. The second kappa shape index (κ2) is 14.5. The number of carbonyl (C=O) groups is 2. The number of hydrogen-bond donors (Lipinski definition) is 4. The van der Waals surface area contributed by atoms with Crippen molar-refractivity contribution in [1.29, 1.82) is 0 Å². The number of nitrogens with zero attached hydrogens (tertiary/aromatic N) is 8. The summed E-state index contributed by atoms with van der Waals surface area (Å²) in [6.07, 6.45) is -6.53. The van der Waals surface area contributed by atoms with Crippen molar-refractivity contribution in [2.24, 2.45) is 0 Å². The van der Waals surface area contributed by atoms with Crippen LogP contribution in [0, 0.1) is 0 Å². The molecule has 4 N–H and O–H groups in total. The Hall–Kier alpha value is -4.46. The minimum absolute atomic E-state index is 0.187. The molecule has 0 spiro atoms. The summed E-state index contributed by atoms with van der Waals surface area (Å²) in [7, 11) is 4.24. The number of pyridine rings is 1. The number of nitrogens with one attached hydrogen (secondary N) is 2. The van der Waals surface area contributed by atoms with Crippen molar-refractivity contribution in [3.05, 3.63) is 23.0 Å². The maximum absolute atomic E-state index is 10.6. The Morgan fingerprint density at radius 2 is 1.72 bits per heavy atom. The normalized spacial score (nSPS) is 15.1. The van der Waals surface area contributed by atoms with E-state index in [0.717, 1.165) is 65.3 Å². The van der Waals surface area contributed by atoms with E-state index in [9.17, 15) is 26.3 Å². The number of aromatic nitrogens is 7. The third kappa shape index (κ3) is 9.09. The van der Waals surface area contributed by atoms with Gasteiger partial charge in [0.2, 0.25) is 5.95 Å². The third-order valence-electron chi connectivity index (χ3n) is 6.73. The number of anilines is 3. The fraction of sp³-hybridized carbons (Fsp3) is 0.500. The SMILES string of the molecule is CCc1[nH]c2nc(Nc3cnc4c(c3)nnn4C(C)C)nc(N3CC[C@@H](N(C)C)C3)c2c1Cl.O=C(O)C(F)(F)F.O=C(O)C(F)(F)F. The lowest BCUT2D eigenvalue weighted by atomic mass is 10.2. The molecule has 1 fully saturated rings. The van der Waals surface area contributed by atoms with Gasteiger partial charge in [0, 0.05) is 24.8 Å². The van der Waals surface area contributed by atoms with Crippen LogP contribution in [0.3, 0.4) is 0 Å². The first-order valence-electron chi connectivity index (χ1n) is 13.8. The maximum Gasteiger partial charge on any atom is 0.490 e. The molecule has 0 unspecified atom stereocenters. The van der Waals surface area contributed by atoms with Gasteiger partial charge in [0.05, 0.1) is 28.3 Å². The van der Waals surface area contributed by atoms with Gasteiger partial charge < -0.3 is 30.3 Å². The van der Waals surface area contributed by atoms with Crippen LogP contribution in [0.5, 0.6) is 0 Å². The molecule has 0 aliphatic carbocycles. The van der Waals surface area contributed by atoms with Crippen molar-refractivity contribution in [3.8, 4) is 0 Å². The van der Waals surface area contributed by atoms with E-state index in [1.807, 2.05) is 10.7 Å². The Bertz CT molecular complexity index is 1700. The van der Waals surface area contributed by atoms with Crippen molar-refractivity contribution in [3.63, 3.8) is 0 Å². The molecule has 5 heterocycles. The van der Waals surface area contributed by atoms with Gasteiger partial charge >= 0.3 is 24.3 Å². The van der Waals surface area contributed by atoms with Crippen LogP contribution < -0.4 is 10.2 Å². The summed E-state index contributed by atoms with van der Waals surface area (Å²) in [5.41, 5.74) is 3.93. The van der Waals surface area contributed by atoms with E-state index in [2.05, 4.69) is 70.3 Å². The number of halogens is 7. The second-order valence-electron chi connectivity index (χ2n) is 10.6. The molecule has 4 aromatic heterocycles. The van der Waals surface area contributed by atoms with Gasteiger partial charge in [0.25, 0.3) is 0 Å². The first-order chi connectivity index (χ1) is 21.7. The summed E-state index contributed by atoms with van der Waals surface area (Å²) in [6.45, 7) is 8.00. The highest BCUT2D eigenvalue weighted by Crippen LogP contribution is 2.36. The van der Waals surface area contributed by atoms with Crippen molar-refractivity contribution < 1.29 is 46.1 Å².